The van der Waals surface area contributed by atoms with Gasteiger partial charge >= 0.3 is 7.12 Å². The van der Waals surface area contributed by atoms with Gasteiger partial charge in [0, 0.05) is 6.54 Å². The summed E-state index contributed by atoms with van der Waals surface area (Å²) in [5.41, 5.74) is 0. The van der Waals surface area contributed by atoms with Gasteiger partial charge in [-0.1, -0.05) is 12.2 Å². The second-order valence-electron chi connectivity index (χ2n) is 4.30. The lowest BCUT2D eigenvalue weighted by molar-refractivity contribution is 0.332. The molecule has 15 heavy (non-hydrogen) atoms. The molecule has 3 N–H and O–H groups in total. The molecule has 0 saturated carbocycles. The third kappa shape index (κ3) is 2.33. The molecule has 0 aliphatic carbocycles. The van der Waals surface area contributed by atoms with Crippen molar-refractivity contribution in [2.24, 2.45) is 0 Å². The van der Waals surface area contributed by atoms with Crippen molar-refractivity contribution >= 4 is 24.3 Å². The van der Waals surface area contributed by atoms with Crippen LogP contribution in [0.5, 0.6) is 0 Å². The van der Waals surface area contributed by atoms with Gasteiger partial charge in [-0.05, 0) is 32.2 Å². The molecule has 6 heteroatoms. The highest BCUT2D eigenvalue weighted by atomic mass is 32.1. The molecule has 2 saturated heterocycles. The molecule has 2 unspecified atom stereocenters. The van der Waals surface area contributed by atoms with Crippen molar-refractivity contribution in [1.82, 2.24) is 10.2 Å². The zero-order valence-corrected chi connectivity index (χ0v) is 9.54. The molecule has 2 fully saturated rings. The minimum Gasteiger partial charge on any atom is -0.426 e. The summed E-state index contributed by atoms with van der Waals surface area (Å²) < 4.78 is 0. The fraction of sp³-hybridized carbons (Fsp3) is 0.889. The van der Waals surface area contributed by atoms with Gasteiger partial charge in [0.05, 0.1) is 17.0 Å². The maximum Gasteiger partial charge on any atom is 0.475 e. The smallest absolute Gasteiger partial charge is 0.426 e. The summed E-state index contributed by atoms with van der Waals surface area (Å²) in [7, 11) is -1.27. The van der Waals surface area contributed by atoms with E-state index in [1.165, 1.54) is 0 Å². The van der Waals surface area contributed by atoms with Crippen LogP contribution in [0.3, 0.4) is 0 Å². The lowest BCUT2D eigenvalue weighted by Crippen LogP contribution is -2.50. The average molecular weight is 228 g/mol. The maximum absolute atomic E-state index is 9.25. The Hall–Kier alpha value is -0.165. The van der Waals surface area contributed by atoms with Gasteiger partial charge in [0.1, 0.15) is 0 Å². The molecule has 0 aromatic heterocycles. The summed E-state index contributed by atoms with van der Waals surface area (Å²) in [6.45, 7) is 1.88. The molecule has 0 amide bonds. The molecule has 2 aliphatic rings. The molecular weight excluding hydrogens is 211 g/mol. The molecular formula is C9H17BN2O2S. The normalized spacial score (nSPS) is 30.9. The Labute approximate surface area is 95.8 Å². The standard InChI is InChI=1S/C9H17BN2O2S/c13-10(14)8-4-2-6-12(8)9(15)7-3-1-5-11-7/h7-8,11,13-14H,1-6H2. The van der Waals surface area contributed by atoms with E-state index in [-0.39, 0.29) is 12.0 Å². The van der Waals surface area contributed by atoms with E-state index in [0.29, 0.717) is 0 Å². The van der Waals surface area contributed by atoms with Crippen molar-refractivity contribution in [2.75, 3.05) is 13.1 Å². The molecule has 0 aromatic rings. The Morgan fingerprint density at radius 1 is 1.33 bits per heavy atom. The lowest BCUT2D eigenvalue weighted by Gasteiger charge is -2.29. The van der Waals surface area contributed by atoms with Crippen LogP contribution in [0.1, 0.15) is 25.7 Å². The minimum atomic E-state index is -1.27. The largest absolute Gasteiger partial charge is 0.475 e. The van der Waals surface area contributed by atoms with Crippen molar-refractivity contribution in [3.05, 3.63) is 0 Å². The van der Waals surface area contributed by atoms with Crippen molar-refractivity contribution in [3.8, 4) is 0 Å². The van der Waals surface area contributed by atoms with Crippen LogP contribution >= 0.6 is 12.2 Å². The van der Waals surface area contributed by atoms with Crippen LogP contribution in [0, 0.1) is 0 Å². The molecule has 0 radical (unpaired) electrons. The molecule has 0 aromatic carbocycles. The van der Waals surface area contributed by atoms with Crippen LogP contribution in [-0.4, -0.2) is 52.1 Å². The fourth-order valence-corrected chi connectivity index (χ4v) is 2.90. The molecule has 4 nitrogen and oxygen atoms in total. The monoisotopic (exact) mass is 228 g/mol. The minimum absolute atomic E-state index is 0.195. The summed E-state index contributed by atoms with van der Waals surface area (Å²) in [6.07, 6.45) is 4.05. The summed E-state index contributed by atoms with van der Waals surface area (Å²) in [5, 5.41) is 21.8. The second kappa shape index (κ2) is 4.78. The predicted molar refractivity (Wildman–Crippen MR) is 63.5 cm³/mol. The van der Waals surface area contributed by atoms with E-state index in [4.69, 9.17) is 12.2 Å². The van der Waals surface area contributed by atoms with Crippen molar-refractivity contribution in [1.29, 1.82) is 0 Å². The van der Waals surface area contributed by atoms with E-state index in [1.54, 1.807) is 0 Å². The van der Waals surface area contributed by atoms with Gasteiger partial charge in [-0.15, -0.1) is 0 Å². The number of hydrogen-bond acceptors (Lipinski definition) is 4. The lowest BCUT2D eigenvalue weighted by atomic mass is 9.78. The van der Waals surface area contributed by atoms with Gasteiger partial charge in [0.15, 0.2) is 0 Å². The first-order valence-electron chi connectivity index (χ1n) is 5.60. The van der Waals surface area contributed by atoms with Crippen LogP contribution in [0.25, 0.3) is 0 Å². The second-order valence-corrected chi connectivity index (χ2v) is 4.72. The van der Waals surface area contributed by atoms with Crippen LogP contribution in [0.4, 0.5) is 0 Å². The Balaban J connectivity index is 1.99. The molecule has 0 spiro atoms. The summed E-state index contributed by atoms with van der Waals surface area (Å²) >= 11 is 5.41. The fourth-order valence-electron chi connectivity index (χ4n) is 2.47. The topological polar surface area (TPSA) is 55.7 Å². The molecule has 2 aliphatic heterocycles. The van der Waals surface area contributed by atoms with Crippen LogP contribution in [0.15, 0.2) is 0 Å². The maximum atomic E-state index is 9.25. The highest BCUT2D eigenvalue weighted by Crippen LogP contribution is 2.22. The number of nitrogens with zero attached hydrogens (tertiary/aromatic N) is 1. The Kier molecular flexibility index (Phi) is 3.61. The van der Waals surface area contributed by atoms with Gasteiger partial charge in [-0.2, -0.15) is 0 Å². The zero-order valence-electron chi connectivity index (χ0n) is 8.72. The van der Waals surface area contributed by atoms with E-state index in [0.717, 1.165) is 43.8 Å². The molecule has 2 atom stereocenters. The SMILES string of the molecule is OB(O)C1CCCN1C(=S)C1CCCN1. The third-order valence-corrected chi connectivity index (χ3v) is 3.80. The predicted octanol–water partition coefficient (Wildman–Crippen LogP) is -0.458. The van der Waals surface area contributed by atoms with Gasteiger partial charge in [0.25, 0.3) is 0 Å². The summed E-state index contributed by atoms with van der Waals surface area (Å²) in [5.74, 6) is -0.195. The summed E-state index contributed by atoms with van der Waals surface area (Å²) in [6, 6.07) is 0.263. The van der Waals surface area contributed by atoms with Crippen LogP contribution in [-0.2, 0) is 0 Å². The first-order chi connectivity index (χ1) is 7.20. The molecule has 0 bridgehead atoms. The summed E-state index contributed by atoms with van der Waals surface area (Å²) in [4.78, 5) is 2.85. The van der Waals surface area contributed by atoms with E-state index >= 15 is 0 Å². The number of hydrogen-bond donors (Lipinski definition) is 3. The van der Waals surface area contributed by atoms with Gasteiger partial charge < -0.3 is 20.3 Å². The first-order valence-corrected chi connectivity index (χ1v) is 6.01. The molecule has 2 heterocycles. The number of likely N-dealkylation sites (tertiary alicyclic amines) is 1. The number of nitrogens with one attached hydrogen (secondary N) is 1. The van der Waals surface area contributed by atoms with E-state index in [2.05, 4.69) is 5.32 Å². The van der Waals surface area contributed by atoms with Crippen molar-refractivity contribution in [3.63, 3.8) is 0 Å². The Morgan fingerprint density at radius 2 is 2.13 bits per heavy atom. The molecule has 84 valence electrons. The van der Waals surface area contributed by atoms with E-state index in [1.807, 2.05) is 4.90 Å². The van der Waals surface area contributed by atoms with Crippen LogP contribution in [0.2, 0.25) is 0 Å². The van der Waals surface area contributed by atoms with E-state index in [9.17, 15) is 10.0 Å². The highest BCUT2D eigenvalue weighted by molar-refractivity contribution is 7.80. The molecule has 2 rings (SSSR count). The van der Waals surface area contributed by atoms with Gasteiger partial charge in [-0.3, -0.25) is 0 Å². The van der Waals surface area contributed by atoms with Crippen molar-refractivity contribution < 1.29 is 10.0 Å². The number of thiocarbonyl (C=S) groups is 1. The van der Waals surface area contributed by atoms with Gasteiger partial charge in [0.2, 0.25) is 0 Å². The zero-order chi connectivity index (χ0) is 10.8. The Bertz CT molecular complexity index is 246. The van der Waals surface area contributed by atoms with Crippen molar-refractivity contribution in [2.45, 2.75) is 37.7 Å². The average Bonchev–Trinajstić information content (AvgIpc) is 2.88. The van der Waals surface area contributed by atoms with Crippen LogP contribution < -0.4 is 5.32 Å². The quantitative estimate of drug-likeness (QED) is 0.441. The highest BCUT2D eigenvalue weighted by Gasteiger charge is 2.37. The van der Waals surface area contributed by atoms with E-state index < -0.39 is 7.12 Å². The van der Waals surface area contributed by atoms with Gasteiger partial charge in [-0.25, -0.2) is 0 Å². The third-order valence-electron chi connectivity index (χ3n) is 3.28. The first kappa shape index (κ1) is 11.3. The number of rotatable bonds is 2. The Morgan fingerprint density at radius 3 is 2.73 bits per heavy atom.